The van der Waals surface area contributed by atoms with Gasteiger partial charge in [0.05, 0.1) is 26.4 Å². The summed E-state index contributed by atoms with van der Waals surface area (Å²) in [4.78, 5) is 26.3. The molecule has 36 heavy (non-hydrogen) atoms. The van der Waals surface area contributed by atoms with Gasteiger partial charge in [0.15, 0.2) is 23.0 Å². The van der Waals surface area contributed by atoms with Crippen LogP contribution in [-0.2, 0) is 0 Å². The minimum absolute atomic E-state index is 0.270. The number of hydrogen-bond donors (Lipinski definition) is 0. The highest BCUT2D eigenvalue weighted by Crippen LogP contribution is 2.32. The van der Waals surface area contributed by atoms with Crippen molar-refractivity contribution >= 4 is 11.6 Å². The van der Waals surface area contributed by atoms with Crippen molar-refractivity contribution in [2.24, 2.45) is 0 Å². The highest BCUT2D eigenvalue weighted by atomic mass is 16.5. The fourth-order valence-corrected chi connectivity index (χ4v) is 3.33. The van der Waals surface area contributed by atoms with Crippen molar-refractivity contribution in [1.29, 1.82) is 0 Å². The number of Topliss-reactive ketones (excluding diaryl/α,β-unsaturated/α-hetero) is 2. The number of carbonyl (C=O) groups excluding carboxylic acids is 2. The van der Waals surface area contributed by atoms with Gasteiger partial charge < -0.3 is 18.9 Å². The van der Waals surface area contributed by atoms with Crippen molar-refractivity contribution in [2.75, 3.05) is 26.4 Å². The van der Waals surface area contributed by atoms with Crippen molar-refractivity contribution < 1.29 is 28.5 Å². The van der Waals surface area contributed by atoms with Crippen LogP contribution < -0.4 is 18.9 Å². The fraction of sp³-hybridized carbons (Fsp3) is 0.533. The van der Waals surface area contributed by atoms with Gasteiger partial charge in [-0.3, -0.25) is 9.59 Å². The van der Waals surface area contributed by atoms with E-state index in [0.717, 1.165) is 51.4 Å². The predicted molar refractivity (Wildman–Crippen MR) is 143 cm³/mol. The van der Waals surface area contributed by atoms with Gasteiger partial charge in [0.2, 0.25) is 11.6 Å². The number of unbranched alkanes of at least 4 members (excludes halogenated alkanes) is 4. The van der Waals surface area contributed by atoms with Crippen LogP contribution in [0.2, 0.25) is 0 Å². The molecule has 0 atom stereocenters. The van der Waals surface area contributed by atoms with Gasteiger partial charge in [-0.1, -0.05) is 53.4 Å². The first-order chi connectivity index (χ1) is 17.5. The fourth-order valence-electron chi connectivity index (χ4n) is 3.33. The van der Waals surface area contributed by atoms with E-state index >= 15 is 0 Å². The van der Waals surface area contributed by atoms with E-state index in [-0.39, 0.29) is 11.1 Å². The third-order valence-corrected chi connectivity index (χ3v) is 5.64. The molecule has 6 nitrogen and oxygen atoms in total. The van der Waals surface area contributed by atoms with Crippen molar-refractivity contribution in [2.45, 2.75) is 79.1 Å². The van der Waals surface area contributed by atoms with E-state index in [4.69, 9.17) is 18.9 Å². The van der Waals surface area contributed by atoms with Crippen LogP contribution in [0.15, 0.2) is 36.4 Å². The maximum Gasteiger partial charge on any atom is 0.233 e. The lowest BCUT2D eigenvalue weighted by molar-refractivity contribution is 0.0816. The molecule has 0 N–H and O–H groups in total. The normalized spacial score (nSPS) is 10.7. The molecule has 0 bridgehead atoms. The molecule has 0 saturated heterocycles. The summed E-state index contributed by atoms with van der Waals surface area (Å²) in [7, 11) is 0. The third kappa shape index (κ3) is 9.21. The first kappa shape index (κ1) is 29.2. The van der Waals surface area contributed by atoms with Crippen molar-refractivity contribution in [1.82, 2.24) is 0 Å². The number of rotatable bonds is 19. The lowest BCUT2D eigenvalue weighted by Crippen LogP contribution is -2.15. The summed E-state index contributed by atoms with van der Waals surface area (Å²) in [5.41, 5.74) is 0.539. The summed E-state index contributed by atoms with van der Waals surface area (Å²) < 4.78 is 23.5. The van der Waals surface area contributed by atoms with E-state index in [2.05, 4.69) is 27.7 Å². The summed E-state index contributed by atoms with van der Waals surface area (Å²) in [6.45, 7) is 10.5. The van der Waals surface area contributed by atoms with E-state index in [1.807, 2.05) is 0 Å². The Labute approximate surface area is 216 Å². The summed E-state index contributed by atoms with van der Waals surface area (Å²) in [5.74, 6) is 0.944. The average molecular weight is 499 g/mol. The van der Waals surface area contributed by atoms with E-state index in [1.54, 1.807) is 36.4 Å². The molecular formula is C30H42O6. The zero-order valence-corrected chi connectivity index (χ0v) is 22.4. The largest absolute Gasteiger partial charge is 0.490 e. The summed E-state index contributed by atoms with van der Waals surface area (Å²) >= 11 is 0. The maximum absolute atomic E-state index is 13.1. The number of ether oxygens (including phenoxy) is 4. The van der Waals surface area contributed by atoms with Crippen molar-refractivity contribution in [3.05, 3.63) is 47.5 Å². The Balaban J connectivity index is 2.25. The Bertz CT molecular complexity index is 875. The van der Waals surface area contributed by atoms with Gasteiger partial charge in [-0.05, 0) is 62.1 Å². The minimum Gasteiger partial charge on any atom is -0.490 e. The van der Waals surface area contributed by atoms with Gasteiger partial charge in [0.1, 0.15) is 0 Å². The quantitative estimate of drug-likeness (QED) is 0.114. The molecule has 0 amide bonds. The van der Waals surface area contributed by atoms with Crippen LogP contribution in [0.4, 0.5) is 0 Å². The second kappa shape index (κ2) is 16.6. The molecular weight excluding hydrogens is 456 g/mol. The Morgan fingerprint density at radius 1 is 0.500 bits per heavy atom. The van der Waals surface area contributed by atoms with E-state index < -0.39 is 11.6 Å². The molecule has 2 aromatic rings. The van der Waals surface area contributed by atoms with Crippen LogP contribution in [0.3, 0.4) is 0 Å². The lowest BCUT2D eigenvalue weighted by Gasteiger charge is -2.15. The molecule has 198 valence electrons. The molecule has 0 fully saturated rings. The standard InChI is InChI=1S/C30H42O6/c1-5-9-17-33-25-15-13-23(21-27(25)35-19-11-7-3)29(31)30(32)24-14-16-26(34-18-10-6-2)28(22-24)36-20-12-8-4/h13-16,21-22H,5-12,17-20H2,1-4H3. The van der Waals surface area contributed by atoms with Gasteiger partial charge in [-0.25, -0.2) is 0 Å². The average Bonchev–Trinajstić information content (AvgIpc) is 2.89. The van der Waals surface area contributed by atoms with Gasteiger partial charge in [0, 0.05) is 11.1 Å². The second-order valence-electron chi connectivity index (χ2n) is 8.79. The molecule has 6 heteroatoms. The molecule has 0 aliphatic carbocycles. The summed E-state index contributed by atoms with van der Waals surface area (Å²) in [5, 5.41) is 0. The predicted octanol–water partition coefficient (Wildman–Crippen LogP) is 7.47. The molecule has 0 spiro atoms. The third-order valence-electron chi connectivity index (χ3n) is 5.64. The Morgan fingerprint density at radius 2 is 0.806 bits per heavy atom. The van der Waals surface area contributed by atoms with Crippen molar-refractivity contribution in [3.8, 4) is 23.0 Å². The highest BCUT2D eigenvalue weighted by molar-refractivity contribution is 6.49. The molecule has 0 aliphatic rings. The number of ketones is 2. The zero-order valence-electron chi connectivity index (χ0n) is 22.4. The van der Waals surface area contributed by atoms with Crippen LogP contribution >= 0.6 is 0 Å². The molecule has 0 saturated carbocycles. The van der Waals surface area contributed by atoms with Crippen LogP contribution in [0.1, 0.15) is 99.8 Å². The van der Waals surface area contributed by atoms with E-state index in [9.17, 15) is 9.59 Å². The SMILES string of the molecule is CCCCOc1ccc(C(=O)C(=O)c2ccc(OCCCC)c(OCCCC)c2)cc1OCCCC. The minimum atomic E-state index is -0.602. The Kier molecular flexibility index (Phi) is 13.5. The number of benzene rings is 2. The highest BCUT2D eigenvalue weighted by Gasteiger charge is 2.22. The molecule has 2 aromatic carbocycles. The molecule has 0 aromatic heterocycles. The molecule has 0 unspecified atom stereocenters. The van der Waals surface area contributed by atoms with Gasteiger partial charge in [-0.15, -0.1) is 0 Å². The Morgan fingerprint density at radius 3 is 1.11 bits per heavy atom. The topological polar surface area (TPSA) is 71.1 Å². The zero-order chi connectivity index (χ0) is 26.2. The molecule has 0 radical (unpaired) electrons. The Hall–Kier alpha value is -3.02. The van der Waals surface area contributed by atoms with E-state index in [0.29, 0.717) is 49.4 Å². The summed E-state index contributed by atoms with van der Waals surface area (Å²) in [6, 6.07) is 9.88. The van der Waals surface area contributed by atoms with Gasteiger partial charge in [-0.2, -0.15) is 0 Å². The van der Waals surface area contributed by atoms with Crippen LogP contribution in [0, 0.1) is 0 Å². The van der Waals surface area contributed by atoms with Gasteiger partial charge in [0.25, 0.3) is 0 Å². The first-order valence-electron chi connectivity index (χ1n) is 13.4. The lowest BCUT2D eigenvalue weighted by atomic mass is 10.0. The van der Waals surface area contributed by atoms with Crippen LogP contribution in [0.25, 0.3) is 0 Å². The number of carbonyl (C=O) groups is 2. The van der Waals surface area contributed by atoms with Crippen LogP contribution in [0.5, 0.6) is 23.0 Å². The molecule has 0 aliphatic heterocycles. The van der Waals surface area contributed by atoms with Crippen molar-refractivity contribution in [3.63, 3.8) is 0 Å². The first-order valence-corrected chi connectivity index (χ1v) is 13.4. The second-order valence-corrected chi connectivity index (χ2v) is 8.79. The molecule has 0 heterocycles. The number of hydrogen-bond acceptors (Lipinski definition) is 6. The molecule has 2 rings (SSSR count). The smallest absolute Gasteiger partial charge is 0.233 e. The van der Waals surface area contributed by atoms with Gasteiger partial charge >= 0.3 is 0 Å². The van der Waals surface area contributed by atoms with Crippen LogP contribution in [-0.4, -0.2) is 38.0 Å². The van der Waals surface area contributed by atoms with E-state index in [1.165, 1.54) is 0 Å². The monoisotopic (exact) mass is 498 g/mol. The maximum atomic E-state index is 13.1. The summed E-state index contributed by atoms with van der Waals surface area (Å²) in [6.07, 6.45) is 7.64.